The van der Waals surface area contributed by atoms with E-state index in [0.717, 1.165) is 11.1 Å². The Kier molecular flexibility index (Phi) is 7.63. The average Bonchev–Trinajstić information content (AvgIpc) is 2.91. The lowest BCUT2D eigenvalue weighted by molar-refractivity contribution is -0.135. The molecule has 0 radical (unpaired) electrons. The quantitative estimate of drug-likeness (QED) is 0.704. The van der Waals surface area contributed by atoms with Gasteiger partial charge in [0, 0.05) is 33.3 Å². The third-order valence-corrected chi connectivity index (χ3v) is 5.86. The van der Waals surface area contributed by atoms with Crippen molar-refractivity contribution < 1.29 is 14.3 Å². The molecule has 1 saturated heterocycles. The van der Waals surface area contributed by atoms with Gasteiger partial charge in [0.1, 0.15) is 0 Å². The normalized spacial score (nSPS) is 17.2. The molecule has 1 aliphatic rings. The molecule has 1 aliphatic heterocycles. The number of hydrogen-bond donors (Lipinski definition) is 0. The van der Waals surface area contributed by atoms with E-state index in [1.54, 1.807) is 7.11 Å². The SMILES string of the molecule is CCN1CCN(C(=O)CCOC)CC(Cc2cccc(-c3ccccc3C)c2)C1=O. The fourth-order valence-electron chi connectivity index (χ4n) is 4.13. The Labute approximate surface area is 179 Å². The monoisotopic (exact) mass is 408 g/mol. The minimum absolute atomic E-state index is 0.0567. The van der Waals surface area contributed by atoms with Gasteiger partial charge in [-0.05, 0) is 42.5 Å². The zero-order valence-corrected chi connectivity index (χ0v) is 18.3. The Bertz CT molecular complexity index is 880. The average molecular weight is 409 g/mol. The van der Waals surface area contributed by atoms with Crippen LogP contribution in [-0.2, 0) is 20.7 Å². The van der Waals surface area contributed by atoms with Gasteiger partial charge in [0.2, 0.25) is 11.8 Å². The van der Waals surface area contributed by atoms with Crippen molar-refractivity contribution in [2.24, 2.45) is 5.92 Å². The van der Waals surface area contributed by atoms with Gasteiger partial charge in [-0.2, -0.15) is 0 Å². The molecule has 2 aromatic rings. The number of amides is 2. The van der Waals surface area contributed by atoms with Crippen LogP contribution in [0.2, 0.25) is 0 Å². The van der Waals surface area contributed by atoms with Crippen molar-refractivity contribution in [2.45, 2.75) is 26.7 Å². The number of methoxy groups -OCH3 is 1. The van der Waals surface area contributed by atoms with Crippen molar-refractivity contribution in [1.82, 2.24) is 9.80 Å². The highest BCUT2D eigenvalue weighted by atomic mass is 16.5. The number of aryl methyl sites for hydroxylation is 1. The first-order chi connectivity index (χ1) is 14.5. The zero-order valence-electron chi connectivity index (χ0n) is 18.3. The minimum Gasteiger partial charge on any atom is -0.384 e. The largest absolute Gasteiger partial charge is 0.384 e. The minimum atomic E-state index is -0.230. The van der Waals surface area contributed by atoms with E-state index in [4.69, 9.17) is 4.74 Å². The molecule has 1 fully saturated rings. The topological polar surface area (TPSA) is 49.9 Å². The summed E-state index contributed by atoms with van der Waals surface area (Å²) in [5.41, 5.74) is 4.72. The number of rotatable bonds is 7. The fourth-order valence-corrected chi connectivity index (χ4v) is 4.13. The van der Waals surface area contributed by atoms with Crippen molar-refractivity contribution in [3.05, 3.63) is 59.7 Å². The van der Waals surface area contributed by atoms with Crippen LogP contribution in [0.3, 0.4) is 0 Å². The summed E-state index contributed by atoms with van der Waals surface area (Å²) in [5, 5.41) is 0. The van der Waals surface area contributed by atoms with Gasteiger partial charge in [-0.3, -0.25) is 9.59 Å². The number of likely N-dealkylation sites (N-methyl/N-ethyl adjacent to an activating group) is 1. The van der Waals surface area contributed by atoms with E-state index >= 15 is 0 Å². The summed E-state index contributed by atoms with van der Waals surface area (Å²) in [6.45, 7) is 6.82. The van der Waals surface area contributed by atoms with Crippen LogP contribution in [0, 0.1) is 12.8 Å². The molecule has 5 heteroatoms. The molecule has 1 unspecified atom stereocenters. The van der Waals surface area contributed by atoms with Gasteiger partial charge < -0.3 is 14.5 Å². The first-order valence-corrected chi connectivity index (χ1v) is 10.7. The second-order valence-corrected chi connectivity index (χ2v) is 7.92. The van der Waals surface area contributed by atoms with Gasteiger partial charge in [-0.25, -0.2) is 0 Å². The molecular weight excluding hydrogens is 376 g/mol. The molecule has 0 saturated carbocycles. The summed E-state index contributed by atoms with van der Waals surface area (Å²) in [6, 6.07) is 16.7. The van der Waals surface area contributed by atoms with Crippen molar-refractivity contribution in [2.75, 3.05) is 39.9 Å². The first-order valence-electron chi connectivity index (χ1n) is 10.7. The number of carbonyl (C=O) groups excluding carboxylic acids is 2. The molecule has 3 rings (SSSR count). The fraction of sp³-hybridized carbons (Fsp3) is 0.440. The van der Waals surface area contributed by atoms with E-state index in [9.17, 15) is 9.59 Å². The summed E-state index contributed by atoms with van der Waals surface area (Å²) in [5.74, 6) is -0.0341. The Hall–Kier alpha value is -2.66. The predicted octanol–water partition coefficient (Wildman–Crippen LogP) is 3.55. The molecule has 1 atom stereocenters. The number of hydrogen-bond acceptors (Lipinski definition) is 3. The lowest BCUT2D eigenvalue weighted by Gasteiger charge is -2.24. The molecule has 5 nitrogen and oxygen atoms in total. The maximum atomic E-state index is 13.1. The van der Waals surface area contributed by atoms with Gasteiger partial charge >= 0.3 is 0 Å². The van der Waals surface area contributed by atoms with Crippen LogP contribution in [0.1, 0.15) is 24.5 Å². The molecule has 2 amide bonds. The van der Waals surface area contributed by atoms with E-state index in [-0.39, 0.29) is 17.7 Å². The van der Waals surface area contributed by atoms with E-state index < -0.39 is 0 Å². The van der Waals surface area contributed by atoms with Gasteiger partial charge in [0.15, 0.2) is 0 Å². The van der Waals surface area contributed by atoms with Gasteiger partial charge in [0.25, 0.3) is 0 Å². The molecule has 0 N–H and O–H groups in total. The molecule has 0 bridgehead atoms. The number of benzene rings is 2. The summed E-state index contributed by atoms with van der Waals surface area (Å²) >= 11 is 0. The van der Waals surface area contributed by atoms with Crippen molar-refractivity contribution in [1.29, 1.82) is 0 Å². The van der Waals surface area contributed by atoms with Crippen LogP contribution in [-0.4, -0.2) is 61.5 Å². The zero-order chi connectivity index (χ0) is 21.5. The van der Waals surface area contributed by atoms with Gasteiger partial charge in [-0.15, -0.1) is 0 Å². The maximum absolute atomic E-state index is 13.1. The summed E-state index contributed by atoms with van der Waals surface area (Å²) < 4.78 is 5.06. The molecule has 0 aliphatic carbocycles. The molecule has 1 heterocycles. The van der Waals surface area contributed by atoms with E-state index in [2.05, 4.69) is 43.3 Å². The first kappa shape index (κ1) is 22.0. The van der Waals surface area contributed by atoms with Crippen molar-refractivity contribution >= 4 is 11.8 Å². The Morgan fingerprint density at radius 1 is 1.13 bits per heavy atom. The van der Waals surface area contributed by atoms with Crippen LogP contribution in [0.15, 0.2) is 48.5 Å². The standard InChI is InChI=1S/C25H32N2O3/c1-4-26-13-14-27(24(28)12-15-30-3)18-22(25(26)29)17-20-9-7-10-21(16-20)23-11-6-5-8-19(23)2/h5-11,16,22H,4,12-15,17-18H2,1-3H3. The smallest absolute Gasteiger partial charge is 0.227 e. The van der Waals surface area contributed by atoms with Crippen LogP contribution < -0.4 is 0 Å². The third-order valence-electron chi connectivity index (χ3n) is 5.86. The van der Waals surface area contributed by atoms with Crippen molar-refractivity contribution in [3.8, 4) is 11.1 Å². The van der Waals surface area contributed by atoms with Crippen LogP contribution in [0.25, 0.3) is 11.1 Å². The van der Waals surface area contributed by atoms with E-state index in [1.807, 2.05) is 28.9 Å². The molecule has 30 heavy (non-hydrogen) atoms. The lowest BCUT2D eigenvalue weighted by atomic mass is 9.93. The Morgan fingerprint density at radius 3 is 2.67 bits per heavy atom. The van der Waals surface area contributed by atoms with E-state index in [1.165, 1.54) is 11.1 Å². The Morgan fingerprint density at radius 2 is 1.93 bits per heavy atom. The summed E-state index contributed by atoms with van der Waals surface area (Å²) in [6.07, 6.45) is 0.982. The van der Waals surface area contributed by atoms with Gasteiger partial charge in [0.05, 0.1) is 18.9 Å². The number of carbonyl (C=O) groups is 2. The second kappa shape index (κ2) is 10.4. The number of ether oxygens (including phenoxy) is 1. The van der Waals surface area contributed by atoms with Crippen LogP contribution in [0.4, 0.5) is 0 Å². The van der Waals surface area contributed by atoms with Crippen LogP contribution >= 0.6 is 0 Å². The highest BCUT2D eigenvalue weighted by Crippen LogP contribution is 2.26. The van der Waals surface area contributed by atoms with E-state index in [0.29, 0.717) is 45.6 Å². The summed E-state index contributed by atoms with van der Waals surface area (Å²) in [7, 11) is 1.60. The van der Waals surface area contributed by atoms with Gasteiger partial charge in [-0.1, -0.05) is 48.5 Å². The molecule has 2 aromatic carbocycles. The highest BCUT2D eigenvalue weighted by molar-refractivity contribution is 5.82. The maximum Gasteiger partial charge on any atom is 0.227 e. The highest BCUT2D eigenvalue weighted by Gasteiger charge is 2.31. The Balaban J connectivity index is 1.81. The summed E-state index contributed by atoms with van der Waals surface area (Å²) in [4.78, 5) is 29.4. The van der Waals surface area contributed by atoms with Crippen molar-refractivity contribution in [3.63, 3.8) is 0 Å². The molecule has 0 spiro atoms. The lowest BCUT2D eigenvalue weighted by Crippen LogP contribution is -2.38. The molecule has 0 aromatic heterocycles. The molecular formula is C25H32N2O3. The second-order valence-electron chi connectivity index (χ2n) is 7.92. The van der Waals surface area contributed by atoms with Crippen LogP contribution in [0.5, 0.6) is 0 Å². The molecule has 160 valence electrons. The number of nitrogens with zero attached hydrogens (tertiary/aromatic N) is 2. The predicted molar refractivity (Wildman–Crippen MR) is 119 cm³/mol. The third kappa shape index (κ3) is 5.28.